The second kappa shape index (κ2) is 5.22. The van der Waals surface area contributed by atoms with E-state index in [1.807, 2.05) is 0 Å². The molecule has 0 aliphatic carbocycles. The van der Waals surface area contributed by atoms with Crippen LogP contribution in [0, 0.1) is 17.5 Å². The van der Waals surface area contributed by atoms with Crippen molar-refractivity contribution in [3.8, 4) is 11.5 Å². The van der Waals surface area contributed by atoms with Crippen molar-refractivity contribution >= 4 is 10.8 Å². The summed E-state index contributed by atoms with van der Waals surface area (Å²) in [5, 5.41) is -0.263. The summed E-state index contributed by atoms with van der Waals surface area (Å²) in [6.45, 7) is 1.68. The maximum Gasteiger partial charge on any atom is 0.201 e. The Balaban J connectivity index is 2.72. The normalized spacial score (nSPS) is 11.2. The molecule has 0 bridgehead atoms. The lowest BCUT2D eigenvalue weighted by Crippen LogP contribution is -1.97. The van der Waals surface area contributed by atoms with Gasteiger partial charge in [0.15, 0.2) is 23.1 Å². The summed E-state index contributed by atoms with van der Waals surface area (Å²) in [4.78, 5) is 0. The predicted molar refractivity (Wildman–Crippen MR) is 65.8 cm³/mol. The predicted octanol–water partition coefficient (Wildman–Crippen LogP) is 4.18. The Kier molecular flexibility index (Phi) is 3.64. The number of benzene rings is 2. The smallest absolute Gasteiger partial charge is 0.201 e. The molecule has 0 aromatic heterocycles. The molecular weight excluding hydrogens is 257 g/mol. The lowest BCUT2D eigenvalue weighted by atomic mass is 10.1. The first-order valence-electron chi connectivity index (χ1n) is 5.52. The number of fused-ring (bicyclic) bond motifs is 1. The molecule has 0 aliphatic rings. The first-order chi connectivity index (χ1) is 9.10. The van der Waals surface area contributed by atoms with Crippen LogP contribution in [0.3, 0.4) is 0 Å². The monoisotopic (exact) mass is 268 g/mol. The van der Waals surface area contributed by atoms with Gasteiger partial charge in [-0.15, -0.1) is 0 Å². The quantitative estimate of drug-likeness (QED) is 0.777. The van der Waals surface area contributed by atoms with Gasteiger partial charge < -0.3 is 9.47 Å². The molecule has 100 valence electrons. The topological polar surface area (TPSA) is 18.5 Å². The Morgan fingerprint density at radius 2 is 1.74 bits per heavy atom. The molecule has 0 atom stereocenters. The molecule has 0 aliphatic heterocycles. The van der Waals surface area contributed by atoms with Gasteiger partial charge in [-0.1, -0.05) is 12.1 Å². The first kappa shape index (κ1) is 13.3. The van der Waals surface area contributed by atoms with Crippen molar-refractivity contribution in [3.63, 3.8) is 0 Å². The maximum absolute atomic E-state index is 14.1. The molecule has 0 unspecified atom stereocenters. The Hall–Kier alpha value is -2.17. The SMILES string of the molecule is C/C=C/Oc1ccc2cc(OC)c(F)c(F)c2c1F. The molecule has 0 radical (unpaired) electrons. The third-order valence-electron chi connectivity index (χ3n) is 2.60. The van der Waals surface area contributed by atoms with Gasteiger partial charge in [-0.3, -0.25) is 0 Å². The average molecular weight is 268 g/mol. The van der Waals surface area contributed by atoms with Gasteiger partial charge in [0.25, 0.3) is 0 Å². The molecule has 0 amide bonds. The van der Waals surface area contributed by atoms with Gasteiger partial charge in [-0.25, -0.2) is 8.78 Å². The summed E-state index contributed by atoms with van der Waals surface area (Å²) in [5.41, 5.74) is 0. The summed E-state index contributed by atoms with van der Waals surface area (Å²) in [7, 11) is 1.21. The maximum atomic E-state index is 14.1. The molecule has 2 aromatic carbocycles. The van der Waals surface area contributed by atoms with E-state index in [0.717, 1.165) is 0 Å². The van der Waals surface area contributed by atoms with E-state index in [4.69, 9.17) is 4.74 Å². The highest BCUT2D eigenvalue weighted by molar-refractivity contribution is 5.86. The summed E-state index contributed by atoms with van der Waals surface area (Å²) in [6.07, 6.45) is 2.80. The molecule has 5 heteroatoms. The van der Waals surface area contributed by atoms with Gasteiger partial charge in [-0.2, -0.15) is 4.39 Å². The average Bonchev–Trinajstić information content (AvgIpc) is 2.41. The van der Waals surface area contributed by atoms with Crippen molar-refractivity contribution < 1.29 is 22.6 Å². The minimum Gasteiger partial charge on any atom is -0.494 e. The zero-order valence-corrected chi connectivity index (χ0v) is 10.3. The van der Waals surface area contributed by atoms with Crippen LogP contribution in [0.25, 0.3) is 10.8 Å². The molecule has 0 heterocycles. The van der Waals surface area contributed by atoms with Crippen molar-refractivity contribution in [3.05, 3.63) is 48.0 Å². The molecular formula is C14H11F3O2. The number of ether oxygens (including phenoxy) is 2. The molecule has 0 spiro atoms. The highest BCUT2D eigenvalue weighted by Gasteiger charge is 2.19. The zero-order chi connectivity index (χ0) is 14.0. The molecule has 2 rings (SSSR count). The molecule has 2 nitrogen and oxygen atoms in total. The Morgan fingerprint density at radius 1 is 1.00 bits per heavy atom. The summed E-state index contributed by atoms with van der Waals surface area (Å²) >= 11 is 0. The van der Waals surface area contributed by atoms with Gasteiger partial charge in [-0.05, 0) is 24.4 Å². The van der Waals surface area contributed by atoms with Gasteiger partial charge in [0.1, 0.15) is 0 Å². The largest absolute Gasteiger partial charge is 0.494 e. The number of hydrogen-bond acceptors (Lipinski definition) is 2. The van der Waals surface area contributed by atoms with Crippen LogP contribution in [0.2, 0.25) is 0 Å². The molecule has 2 aromatic rings. The second-order valence-electron chi connectivity index (χ2n) is 3.77. The van der Waals surface area contributed by atoms with E-state index in [1.54, 1.807) is 13.0 Å². The Bertz CT molecular complexity index is 651. The van der Waals surface area contributed by atoms with Crippen molar-refractivity contribution in [2.24, 2.45) is 0 Å². The third kappa shape index (κ3) is 2.23. The highest BCUT2D eigenvalue weighted by atomic mass is 19.2. The molecule has 19 heavy (non-hydrogen) atoms. The van der Waals surface area contributed by atoms with Crippen molar-refractivity contribution in [2.75, 3.05) is 7.11 Å². The lowest BCUT2D eigenvalue weighted by Gasteiger charge is -2.09. The van der Waals surface area contributed by atoms with E-state index in [9.17, 15) is 13.2 Å². The van der Waals surface area contributed by atoms with E-state index < -0.39 is 22.8 Å². The van der Waals surface area contributed by atoms with Crippen LogP contribution in [0.1, 0.15) is 6.92 Å². The van der Waals surface area contributed by atoms with Crippen LogP contribution in [-0.4, -0.2) is 7.11 Å². The Labute approximate surface area is 108 Å². The number of rotatable bonds is 3. The van der Waals surface area contributed by atoms with Crippen molar-refractivity contribution in [1.82, 2.24) is 0 Å². The highest BCUT2D eigenvalue weighted by Crippen LogP contribution is 2.33. The third-order valence-corrected chi connectivity index (χ3v) is 2.60. The first-order valence-corrected chi connectivity index (χ1v) is 5.52. The van der Waals surface area contributed by atoms with Gasteiger partial charge in [0.2, 0.25) is 5.82 Å². The van der Waals surface area contributed by atoms with Crippen LogP contribution >= 0.6 is 0 Å². The fourth-order valence-electron chi connectivity index (χ4n) is 1.72. The summed E-state index contributed by atoms with van der Waals surface area (Å²) in [6, 6.07) is 4.01. The number of allylic oxidation sites excluding steroid dienone is 1. The van der Waals surface area contributed by atoms with E-state index >= 15 is 0 Å². The number of methoxy groups -OCH3 is 1. The zero-order valence-electron chi connectivity index (χ0n) is 10.3. The van der Waals surface area contributed by atoms with Crippen molar-refractivity contribution in [2.45, 2.75) is 6.92 Å². The number of halogens is 3. The molecule has 0 saturated heterocycles. The molecule has 0 saturated carbocycles. The van der Waals surface area contributed by atoms with Crippen LogP contribution in [0.5, 0.6) is 11.5 Å². The van der Waals surface area contributed by atoms with Crippen LogP contribution in [0.4, 0.5) is 13.2 Å². The minimum absolute atomic E-state index is 0.172. The van der Waals surface area contributed by atoms with Gasteiger partial charge in [0.05, 0.1) is 18.8 Å². The number of hydrogen-bond donors (Lipinski definition) is 0. The Morgan fingerprint density at radius 3 is 2.37 bits per heavy atom. The van der Waals surface area contributed by atoms with E-state index in [2.05, 4.69) is 4.74 Å². The minimum atomic E-state index is -1.29. The molecule has 0 fully saturated rings. The second-order valence-corrected chi connectivity index (χ2v) is 3.77. The van der Waals surface area contributed by atoms with Crippen LogP contribution < -0.4 is 9.47 Å². The summed E-state index contributed by atoms with van der Waals surface area (Å²) in [5.74, 6) is -3.91. The lowest BCUT2D eigenvalue weighted by molar-refractivity contribution is 0.373. The van der Waals surface area contributed by atoms with E-state index in [0.29, 0.717) is 0 Å². The van der Waals surface area contributed by atoms with Crippen molar-refractivity contribution in [1.29, 1.82) is 0 Å². The summed E-state index contributed by atoms with van der Waals surface area (Å²) < 4.78 is 51.1. The van der Waals surface area contributed by atoms with Crippen LogP contribution in [0.15, 0.2) is 30.5 Å². The van der Waals surface area contributed by atoms with Crippen LogP contribution in [-0.2, 0) is 0 Å². The van der Waals surface area contributed by atoms with E-state index in [1.165, 1.54) is 31.6 Å². The fourth-order valence-corrected chi connectivity index (χ4v) is 1.72. The molecule has 0 N–H and O–H groups in total. The van der Waals surface area contributed by atoms with Gasteiger partial charge >= 0.3 is 0 Å². The standard InChI is InChI=1S/C14H11F3O2/c1-3-6-19-9-5-4-8-7-10(18-2)13(16)14(17)11(8)12(9)15/h3-7H,1-2H3/b6-3+. The van der Waals surface area contributed by atoms with Gasteiger partial charge in [0, 0.05) is 0 Å². The fraction of sp³-hybridized carbons (Fsp3) is 0.143. The van der Waals surface area contributed by atoms with E-state index in [-0.39, 0.29) is 16.9 Å².